The van der Waals surface area contributed by atoms with Crippen LogP contribution >= 0.6 is 11.6 Å². The van der Waals surface area contributed by atoms with Crippen molar-refractivity contribution in [3.63, 3.8) is 0 Å². The summed E-state index contributed by atoms with van der Waals surface area (Å²) in [7, 11) is 2.87. The molecule has 0 fully saturated rings. The zero-order chi connectivity index (χ0) is 17.7. The zero-order valence-electron chi connectivity index (χ0n) is 13.9. The van der Waals surface area contributed by atoms with Crippen LogP contribution in [0, 0.1) is 5.92 Å². The maximum absolute atomic E-state index is 12.4. The van der Waals surface area contributed by atoms with Crippen molar-refractivity contribution in [2.45, 2.75) is 26.8 Å². The smallest absolute Gasteiger partial charge is 0.326 e. The number of carbonyl (C=O) groups excluding carboxylic acids is 1. The Labute approximate surface area is 140 Å². The number of ether oxygens (including phenoxy) is 2. The van der Waals surface area contributed by atoms with Gasteiger partial charge >= 0.3 is 5.97 Å². The highest BCUT2D eigenvalue weighted by atomic mass is 35.5. The van der Waals surface area contributed by atoms with Crippen molar-refractivity contribution in [1.29, 1.82) is 0 Å². The lowest BCUT2D eigenvalue weighted by Gasteiger charge is -2.22. The van der Waals surface area contributed by atoms with E-state index < -0.39 is 17.9 Å². The van der Waals surface area contributed by atoms with Crippen LogP contribution in [0.2, 0.25) is 5.02 Å². The summed E-state index contributed by atoms with van der Waals surface area (Å²) in [6.45, 7) is 5.89. The first kappa shape index (κ1) is 19.1. The standard InChI is InChI=1S/C16H22ClNO5/c1-9(2)8-23-14-12(17)6-11(7-13(14)22-5)15(19)18(4)10(3)16(20)21/h6-7,9-10H,8H2,1-5H3,(H,20,21). The summed E-state index contributed by atoms with van der Waals surface area (Å²) in [4.78, 5) is 24.5. The van der Waals surface area contributed by atoms with Gasteiger partial charge in [0, 0.05) is 12.6 Å². The van der Waals surface area contributed by atoms with Gasteiger partial charge in [-0.05, 0) is 25.0 Å². The van der Waals surface area contributed by atoms with Gasteiger partial charge < -0.3 is 19.5 Å². The summed E-state index contributed by atoms with van der Waals surface area (Å²) in [5.74, 6) is -0.544. The SMILES string of the molecule is COc1cc(C(=O)N(C)C(C)C(=O)O)cc(Cl)c1OCC(C)C. The summed E-state index contributed by atoms with van der Waals surface area (Å²) in [6, 6.07) is 1.99. The molecule has 0 aliphatic rings. The minimum Gasteiger partial charge on any atom is -0.493 e. The van der Waals surface area contributed by atoms with Crippen LogP contribution in [0.25, 0.3) is 0 Å². The molecule has 0 spiro atoms. The van der Waals surface area contributed by atoms with Crippen LogP contribution in [-0.4, -0.2) is 48.7 Å². The summed E-state index contributed by atoms with van der Waals surface area (Å²) < 4.78 is 10.9. The van der Waals surface area contributed by atoms with Gasteiger partial charge in [0.05, 0.1) is 18.7 Å². The van der Waals surface area contributed by atoms with Crippen LogP contribution < -0.4 is 9.47 Å². The molecule has 1 amide bonds. The number of rotatable bonds is 7. The molecule has 1 rings (SSSR count). The number of carbonyl (C=O) groups is 2. The van der Waals surface area contributed by atoms with E-state index in [0.29, 0.717) is 24.0 Å². The number of carboxylic acid groups (broad SMARTS) is 1. The number of halogens is 1. The third kappa shape index (κ3) is 4.76. The molecule has 1 aromatic rings. The lowest BCUT2D eigenvalue weighted by molar-refractivity contribution is -0.141. The second kappa shape index (κ2) is 8.06. The molecule has 1 N–H and O–H groups in total. The van der Waals surface area contributed by atoms with Crippen molar-refractivity contribution in [3.05, 3.63) is 22.7 Å². The van der Waals surface area contributed by atoms with Crippen molar-refractivity contribution >= 4 is 23.5 Å². The number of methoxy groups -OCH3 is 1. The minimum absolute atomic E-state index is 0.236. The van der Waals surface area contributed by atoms with Gasteiger partial charge in [-0.1, -0.05) is 25.4 Å². The first-order valence-corrected chi connectivity index (χ1v) is 7.57. The Kier molecular flexibility index (Phi) is 6.69. The molecule has 0 saturated carbocycles. The Morgan fingerprint density at radius 3 is 2.39 bits per heavy atom. The molecule has 0 radical (unpaired) electrons. The van der Waals surface area contributed by atoms with Crippen LogP contribution in [0.1, 0.15) is 31.1 Å². The molecule has 6 nitrogen and oxygen atoms in total. The van der Waals surface area contributed by atoms with Crippen LogP contribution in [0.15, 0.2) is 12.1 Å². The molecule has 7 heteroatoms. The van der Waals surface area contributed by atoms with Crippen molar-refractivity contribution in [2.75, 3.05) is 20.8 Å². The number of carboxylic acids is 1. The molecule has 0 aromatic heterocycles. The lowest BCUT2D eigenvalue weighted by atomic mass is 10.1. The number of hydrogen-bond donors (Lipinski definition) is 1. The Balaban J connectivity index is 3.12. The van der Waals surface area contributed by atoms with Crippen LogP contribution in [0.3, 0.4) is 0 Å². The van der Waals surface area contributed by atoms with Gasteiger partial charge in [0.1, 0.15) is 6.04 Å². The predicted octanol–water partition coefficient (Wildman–Crippen LogP) is 2.93. The number of amides is 1. The summed E-state index contributed by atoms with van der Waals surface area (Å²) in [5.41, 5.74) is 0.236. The highest BCUT2D eigenvalue weighted by molar-refractivity contribution is 6.32. The largest absolute Gasteiger partial charge is 0.493 e. The Bertz CT molecular complexity index is 588. The molecule has 23 heavy (non-hydrogen) atoms. The Morgan fingerprint density at radius 1 is 1.30 bits per heavy atom. The minimum atomic E-state index is -1.09. The van der Waals surface area contributed by atoms with E-state index in [-0.39, 0.29) is 10.6 Å². The number of benzene rings is 1. The van der Waals surface area contributed by atoms with E-state index in [0.717, 1.165) is 4.90 Å². The van der Waals surface area contributed by atoms with Crippen molar-refractivity contribution in [1.82, 2.24) is 4.90 Å². The van der Waals surface area contributed by atoms with Crippen LogP contribution in [-0.2, 0) is 4.79 Å². The molecular formula is C16H22ClNO5. The van der Waals surface area contributed by atoms with Gasteiger partial charge in [0.15, 0.2) is 11.5 Å². The molecule has 0 aliphatic carbocycles. The fourth-order valence-electron chi connectivity index (χ4n) is 1.78. The van der Waals surface area contributed by atoms with Gasteiger partial charge in [-0.2, -0.15) is 0 Å². The lowest BCUT2D eigenvalue weighted by Crippen LogP contribution is -2.40. The number of aliphatic carboxylic acids is 1. The number of hydrogen-bond acceptors (Lipinski definition) is 4. The molecule has 0 aliphatic heterocycles. The normalized spacial score (nSPS) is 12.0. The fraction of sp³-hybridized carbons (Fsp3) is 0.500. The van der Waals surface area contributed by atoms with E-state index in [1.165, 1.54) is 33.2 Å². The molecule has 1 aromatic carbocycles. The van der Waals surface area contributed by atoms with E-state index in [1.54, 1.807) is 0 Å². The van der Waals surface area contributed by atoms with Crippen LogP contribution in [0.5, 0.6) is 11.5 Å². The average Bonchev–Trinajstić information content (AvgIpc) is 2.50. The zero-order valence-corrected chi connectivity index (χ0v) is 14.7. The van der Waals surface area contributed by atoms with Gasteiger partial charge in [0.25, 0.3) is 5.91 Å². The molecular weight excluding hydrogens is 322 g/mol. The first-order valence-electron chi connectivity index (χ1n) is 7.19. The Morgan fingerprint density at radius 2 is 1.91 bits per heavy atom. The summed E-state index contributed by atoms with van der Waals surface area (Å²) in [6.07, 6.45) is 0. The fourth-order valence-corrected chi connectivity index (χ4v) is 2.04. The first-order chi connectivity index (χ1) is 10.7. The highest BCUT2D eigenvalue weighted by Gasteiger charge is 2.24. The van der Waals surface area contributed by atoms with E-state index in [1.807, 2.05) is 13.8 Å². The van der Waals surface area contributed by atoms with E-state index in [2.05, 4.69) is 0 Å². The Hall–Kier alpha value is -1.95. The van der Waals surface area contributed by atoms with Crippen molar-refractivity contribution in [3.8, 4) is 11.5 Å². The molecule has 0 saturated heterocycles. The topological polar surface area (TPSA) is 76.1 Å². The monoisotopic (exact) mass is 343 g/mol. The quantitative estimate of drug-likeness (QED) is 0.823. The van der Waals surface area contributed by atoms with Crippen LogP contribution in [0.4, 0.5) is 0 Å². The maximum atomic E-state index is 12.4. The van der Waals surface area contributed by atoms with E-state index in [9.17, 15) is 9.59 Å². The molecule has 1 unspecified atom stereocenters. The average molecular weight is 344 g/mol. The summed E-state index contributed by atoms with van der Waals surface area (Å²) >= 11 is 6.20. The molecule has 0 heterocycles. The van der Waals surface area contributed by atoms with E-state index in [4.69, 9.17) is 26.2 Å². The third-order valence-electron chi connectivity index (χ3n) is 3.30. The second-order valence-corrected chi connectivity index (χ2v) is 6.03. The summed E-state index contributed by atoms with van der Waals surface area (Å²) in [5, 5.41) is 9.25. The number of nitrogens with zero attached hydrogens (tertiary/aromatic N) is 1. The maximum Gasteiger partial charge on any atom is 0.326 e. The van der Waals surface area contributed by atoms with E-state index >= 15 is 0 Å². The molecule has 1 atom stereocenters. The number of likely N-dealkylation sites (N-methyl/N-ethyl adjacent to an activating group) is 1. The molecule has 128 valence electrons. The van der Waals surface area contributed by atoms with Crippen molar-refractivity contribution < 1.29 is 24.2 Å². The van der Waals surface area contributed by atoms with Crippen molar-refractivity contribution in [2.24, 2.45) is 5.92 Å². The van der Waals surface area contributed by atoms with Gasteiger partial charge in [0.2, 0.25) is 0 Å². The van der Waals surface area contributed by atoms with Gasteiger partial charge in [-0.25, -0.2) is 4.79 Å². The van der Waals surface area contributed by atoms with Gasteiger partial charge in [-0.3, -0.25) is 4.79 Å². The highest BCUT2D eigenvalue weighted by Crippen LogP contribution is 2.37. The second-order valence-electron chi connectivity index (χ2n) is 5.62. The van der Waals surface area contributed by atoms with Gasteiger partial charge in [-0.15, -0.1) is 0 Å². The predicted molar refractivity (Wildman–Crippen MR) is 87.5 cm³/mol. The third-order valence-corrected chi connectivity index (χ3v) is 3.58. The molecule has 0 bridgehead atoms.